The fourth-order valence-corrected chi connectivity index (χ4v) is 4.12. The molecule has 128 valence electrons. The first-order valence-electron chi connectivity index (χ1n) is 8.79. The molecule has 0 radical (unpaired) electrons. The van der Waals surface area contributed by atoms with Crippen LogP contribution in [0.4, 0.5) is 10.6 Å². The maximum absolute atomic E-state index is 11.2. The lowest BCUT2D eigenvalue weighted by molar-refractivity contribution is 0.133. The van der Waals surface area contributed by atoms with Gasteiger partial charge >= 0.3 is 6.09 Å². The van der Waals surface area contributed by atoms with Crippen molar-refractivity contribution in [1.29, 1.82) is 0 Å². The number of nitrogens with zero attached hydrogens (tertiary/aromatic N) is 3. The number of rotatable bonds is 3. The molecule has 3 heterocycles. The highest BCUT2D eigenvalue weighted by Crippen LogP contribution is 2.39. The normalized spacial score (nSPS) is 22.2. The van der Waals surface area contributed by atoms with E-state index in [0.717, 1.165) is 29.7 Å². The number of H-pyrrole nitrogens is 1. The highest BCUT2D eigenvalue weighted by Gasteiger charge is 2.26. The summed E-state index contributed by atoms with van der Waals surface area (Å²) >= 11 is 0. The Bertz CT molecular complexity index is 738. The lowest BCUT2D eigenvalue weighted by Crippen LogP contribution is -2.44. The van der Waals surface area contributed by atoms with Gasteiger partial charge in [0.2, 0.25) is 0 Å². The molecule has 2 fully saturated rings. The van der Waals surface area contributed by atoms with Crippen LogP contribution in [0.1, 0.15) is 50.0 Å². The molecule has 1 aliphatic heterocycles. The number of carboxylic acid groups (broad SMARTS) is 1. The summed E-state index contributed by atoms with van der Waals surface area (Å²) in [6, 6.07) is 0.0966. The Hall–Kier alpha value is -2.31. The Morgan fingerprint density at radius 1 is 1.25 bits per heavy atom. The molecule has 0 aromatic carbocycles. The molecule has 7 nitrogen and oxygen atoms in total. The molecule has 2 aromatic rings. The van der Waals surface area contributed by atoms with Crippen LogP contribution in [0.2, 0.25) is 0 Å². The summed E-state index contributed by atoms with van der Waals surface area (Å²) in [5.41, 5.74) is 2.16. The SMILES string of the molecule is O=C(O)N1CCCC(Nc2ncnc3[nH]cc(C4CCCC4)c23)C1. The zero-order valence-corrected chi connectivity index (χ0v) is 13.7. The highest BCUT2D eigenvalue weighted by molar-refractivity contribution is 5.91. The van der Waals surface area contributed by atoms with Crippen molar-refractivity contribution in [3.63, 3.8) is 0 Å². The predicted octanol–water partition coefficient (Wildman–Crippen LogP) is 3.17. The Morgan fingerprint density at radius 3 is 2.88 bits per heavy atom. The third kappa shape index (κ3) is 2.79. The number of nitrogens with one attached hydrogen (secondary N) is 2. The standard InChI is InChI=1S/C17H23N5O2/c23-17(24)22-7-3-6-12(9-22)21-16-14-13(11-4-1-2-5-11)8-18-15(14)19-10-20-16/h8,10-12H,1-7,9H2,(H,23,24)(H2,18,19,20,21). The van der Waals surface area contributed by atoms with E-state index in [4.69, 9.17) is 0 Å². The van der Waals surface area contributed by atoms with Crippen molar-refractivity contribution in [3.8, 4) is 0 Å². The Morgan fingerprint density at radius 2 is 2.08 bits per heavy atom. The average molecular weight is 329 g/mol. The van der Waals surface area contributed by atoms with Gasteiger partial charge in [-0.15, -0.1) is 0 Å². The monoisotopic (exact) mass is 329 g/mol. The molecular formula is C17H23N5O2. The minimum absolute atomic E-state index is 0.0966. The Balaban J connectivity index is 1.61. The number of aromatic nitrogens is 3. The van der Waals surface area contributed by atoms with Gasteiger partial charge in [0.05, 0.1) is 5.39 Å². The number of fused-ring (bicyclic) bond motifs is 1. The first-order valence-corrected chi connectivity index (χ1v) is 8.79. The van der Waals surface area contributed by atoms with Crippen LogP contribution in [-0.4, -0.2) is 50.2 Å². The van der Waals surface area contributed by atoms with E-state index >= 15 is 0 Å². The van der Waals surface area contributed by atoms with Crippen molar-refractivity contribution < 1.29 is 9.90 Å². The number of carbonyl (C=O) groups is 1. The molecule has 1 unspecified atom stereocenters. The number of likely N-dealkylation sites (tertiary alicyclic amines) is 1. The van der Waals surface area contributed by atoms with Gasteiger partial charge in [-0.2, -0.15) is 0 Å². The molecule has 24 heavy (non-hydrogen) atoms. The van der Waals surface area contributed by atoms with Crippen LogP contribution in [0.15, 0.2) is 12.5 Å². The minimum Gasteiger partial charge on any atom is -0.465 e. The smallest absolute Gasteiger partial charge is 0.407 e. The third-order valence-electron chi connectivity index (χ3n) is 5.33. The van der Waals surface area contributed by atoms with Gasteiger partial charge in [-0.3, -0.25) is 0 Å². The summed E-state index contributed by atoms with van der Waals surface area (Å²) in [6.07, 6.45) is 9.63. The van der Waals surface area contributed by atoms with Gasteiger partial charge in [0.25, 0.3) is 0 Å². The first-order chi connectivity index (χ1) is 11.7. The number of amides is 1. The molecule has 2 aromatic heterocycles. The highest BCUT2D eigenvalue weighted by atomic mass is 16.4. The van der Waals surface area contributed by atoms with Gasteiger partial charge in [-0.05, 0) is 37.2 Å². The second kappa shape index (κ2) is 6.30. The molecular weight excluding hydrogens is 306 g/mol. The summed E-state index contributed by atoms with van der Waals surface area (Å²) in [4.78, 5) is 24.8. The van der Waals surface area contributed by atoms with Gasteiger partial charge in [-0.25, -0.2) is 14.8 Å². The van der Waals surface area contributed by atoms with Crippen molar-refractivity contribution in [2.45, 2.75) is 50.5 Å². The van der Waals surface area contributed by atoms with Crippen molar-refractivity contribution in [3.05, 3.63) is 18.1 Å². The molecule has 0 spiro atoms. The van der Waals surface area contributed by atoms with E-state index in [-0.39, 0.29) is 6.04 Å². The number of hydrogen-bond donors (Lipinski definition) is 3. The van der Waals surface area contributed by atoms with Crippen LogP contribution in [0.3, 0.4) is 0 Å². The summed E-state index contributed by atoms with van der Waals surface area (Å²) < 4.78 is 0. The number of anilines is 1. The van der Waals surface area contributed by atoms with Gasteiger partial charge in [0.15, 0.2) is 0 Å². The van der Waals surface area contributed by atoms with Crippen LogP contribution >= 0.6 is 0 Å². The molecule has 0 bridgehead atoms. The second-order valence-electron chi connectivity index (χ2n) is 6.88. The molecule has 3 N–H and O–H groups in total. The Kier molecular flexibility index (Phi) is 4.00. The maximum atomic E-state index is 11.2. The lowest BCUT2D eigenvalue weighted by Gasteiger charge is -2.31. The molecule has 1 amide bonds. The maximum Gasteiger partial charge on any atom is 0.407 e. The van der Waals surface area contributed by atoms with Crippen LogP contribution in [-0.2, 0) is 0 Å². The fraction of sp³-hybridized carbons (Fsp3) is 0.588. The molecule has 1 saturated carbocycles. The van der Waals surface area contributed by atoms with Gasteiger partial charge in [0.1, 0.15) is 17.8 Å². The average Bonchev–Trinajstić information content (AvgIpc) is 3.24. The number of piperidine rings is 1. The van der Waals surface area contributed by atoms with Crippen LogP contribution < -0.4 is 5.32 Å². The van der Waals surface area contributed by atoms with E-state index in [1.165, 1.54) is 36.1 Å². The molecule has 2 aliphatic rings. The van der Waals surface area contributed by atoms with E-state index in [1.54, 1.807) is 6.33 Å². The summed E-state index contributed by atoms with van der Waals surface area (Å²) in [7, 11) is 0. The minimum atomic E-state index is -0.845. The molecule has 1 saturated heterocycles. The van der Waals surface area contributed by atoms with E-state index in [1.807, 2.05) is 0 Å². The van der Waals surface area contributed by atoms with Gasteiger partial charge < -0.3 is 20.3 Å². The largest absolute Gasteiger partial charge is 0.465 e. The van der Waals surface area contributed by atoms with E-state index in [0.29, 0.717) is 19.0 Å². The molecule has 4 rings (SSSR count). The summed E-state index contributed by atoms with van der Waals surface area (Å²) in [5, 5.41) is 13.8. The van der Waals surface area contributed by atoms with E-state index in [2.05, 4.69) is 26.5 Å². The summed E-state index contributed by atoms with van der Waals surface area (Å²) in [5.74, 6) is 1.41. The predicted molar refractivity (Wildman–Crippen MR) is 91.3 cm³/mol. The van der Waals surface area contributed by atoms with Crippen molar-refractivity contribution in [2.75, 3.05) is 18.4 Å². The fourth-order valence-electron chi connectivity index (χ4n) is 4.12. The Labute approximate surface area is 140 Å². The topological polar surface area (TPSA) is 94.1 Å². The van der Waals surface area contributed by atoms with Crippen LogP contribution in [0.5, 0.6) is 0 Å². The second-order valence-corrected chi connectivity index (χ2v) is 6.88. The van der Waals surface area contributed by atoms with Crippen molar-refractivity contribution in [2.24, 2.45) is 0 Å². The lowest BCUT2D eigenvalue weighted by atomic mass is 9.97. The molecule has 7 heteroatoms. The van der Waals surface area contributed by atoms with E-state index in [9.17, 15) is 9.90 Å². The zero-order chi connectivity index (χ0) is 16.5. The third-order valence-corrected chi connectivity index (χ3v) is 5.33. The first kappa shape index (κ1) is 15.2. The molecule has 1 atom stereocenters. The zero-order valence-electron chi connectivity index (χ0n) is 13.7. The molecule has 1 aliphatic carbocycles. The summed E-state index contributed by atoms with van der Waals surface area (Å²) in [6.45, 7) is 1.12. The van der Waals surface area contributed by atoms with Crippen molar-refractivity contribution in [1.82, 2.24) is 19.9 Å². The van der Waals surface area contributed by atoms with Gasteiger partial charge in [-0.1, -0.05) is 12.8 Å². The van der Waals surface area contributed by atoms with Gasteiger partial charge in [0, 0.05) is 25.3 Å². The number of hydrogen-bond acceptors (Lipinski definition) is 4. The van der Waals surface area contributed by atoms with Crippen LogP contribution in [0.25, 0.3) is 11.0 Å². The quantitative estimate of drug-likeness (QED) is 0.804. The van der Waals surface area contributed by atoms with Crippen LogP contribution in [0, 0.1) is 0 Å². The number of aromatic amines is 1. The van der Waals surface area contributed by atoms with E-state index < -0.39 is 6.09 Å². The van der Waals surface area contributed by atoms with Crippen molar-refractivity contribution >= 4 is 22.9 Å².